The minimum atomic E-state index is 0.331. The highest BCUT2D eigenvalue weighted by atomic mass is 16.2. The van der Waals surface area contributed by atoms with Crippen LogP contribution in [0.4, 0.5) is 5.82 Å². The Labute approximate surface area is 131 Å². The fraction of sp³-hybridized carbons (Fsp3) is 0.706. The van der Waals surface area contributed by atoms with Crippen molar-refractivity contribution in [3.8, 4) is 0 Å². The molecule has 118 valence electrons. The topological polar surface area (TPSA) is 49.3 Å². The van der Waals surface area contributed by atoms with Crippen molar-refractivity contribution < 1.29 is 4.79 Å². The second kappa shape index (κ2) is 5.86. The van der Waals surface area contributed by atoms with Crippen molar-refractivity contribution in [2.45, 2.75) is 57.0 Å². The van der Waals surface area contributed by atoms with Crippen molar-refractivity contribution >= 4 is 11.7 Å². The van der Waals surface area contributed by atoms with Gasteiger partial charge in [-0.15, -0.1) is 0 Å². The van der Waals surface area contributed by atoms with E-state index in [0.29, 0.717) is 23.9 Å². The molecule has 5 nitrogen and oxygen atoms in total. The predicted octanol–water partition coefficient (Wildman–Crippen LogP) is 2.24. The van der Waals surface area contributed by atoms with Crippen molar-refractivity contribution in [2.75, 3.05) is 18.0 Å². The molecule has 0 N–H and O–H groups in total. The van der Waals surface area contributed by atoms with Crippen LogP contribution in [-0.2, 0) is 4.79 Å². The molecule has 2 heterocycles. The van der Waals surface area contributed by atoms with E-state index in [1.807, 2.05) is 12.3 Å². The highest BCUT2D eigenvalue weighted by Gasteiger charge is 2.38. The number of carbonyl (C=O) groups excluding carboxylic acids is 1. The van der Waals surface area contributed by atoms with Crippen molar-refractivity contribution in [3.05, 3.63) is 18.6 Å². The molecule has 0 bridgehead atoms. The Balaban J connectivity index is 1.40. The lowest BCUT2D eigenvalue weighted by Gasteiger charge is -2.41. The van der Waals surface area contributed by atoms with E-state index in [4.69, 9.17) is 0 Å². The van der Waals surface area contributed by atoms with E-state index in [0.717, 1.165) is 44.6 Å². The van der Waals surface area contributed by atoms with Gasteiger partial charge in [0.05, 0.1) is 0 Å². The summed E-state index contributed by atoms with van der Waals surface area (Å²) in [7, 11) is 0. The first-order valence-corrected chi connectivity index (χ1v) is 8.66. The molecule has 5 heteroatoms. The molecule has 0 atom stereocenters. The van der Waals surface area contributed by atoms with Crippen LogP contribution in [0.5, 0.6) is 0 Å². The van der Waals surface area contributed by atoms with E-state index in [-0.39, 0.29) is 0 Å². The second-order valence-corrected chi connectivity index (χ2v) is 6.89. The van der Waals surface area contributed by atoms with Gasteiger partial charge in [-0.1, -0.05) is 6.42 Å². The highest BCUT2D eigenvalue weighted by molar-refractivity contribution is 5.79. The van der Waals surface area contributed by atoms with E-state index in [1.54, 1.807) is 6.33 Å². The molecule has 0 radical (unpaired) electrons. The zero-order chi connectivity index (χ0) is 14.9. The number of anilines is 1. The van der Waals surface area contributed by atoms with Crippen LogP contribution in [0.1, 0.15) is 44.9 Å². The van der Waals surface area contributed by atoms with E-state index in [1.165, 1.54) is 19.3 Å². The summed E-state index contributed by atoms with van der Waals surface area (Å²) in [6, 6.07) is 3.19. The molecule has 0 unspecified atom stereocenters. The number of rotatable bonds is 4. The van der Waals surface area contributed by atoms with Gasteiger partial charge in [0.15, 0.2) is 0 Å². The average Bonchev–Trinajstić information content (AvgIpc) is 3.32. The Morgan fingerprint density at radius 1 is 1.09 bits per heavy atom. The third-order valence-corrected chi connectivity index (χ3v) is 5.40. The van der Waals surface area contributed by atoms with Crippen LogP contribution < -0.4 is 4.90 Å². The Kier molecular flexibility index (Phi) is 3.72. The fourth-order valence-electron chi connectivity index (χ4n) is 3.74. The predicted molar refractivity (Wildman–Crippen MR) is 84.5 cm³/mol. The van der Waals surface area contributed by atoms with Gasteiger partial charge in [0.1, 0.15) is 12.1 Å². The van der Waals surface area contributed by atoms with E-state index >= 15 is 0 Å². The van der Waals surface area contributed by atoms with Crippen LogP contribution in [0.3, 0.4) is 0 Å². The van der Waals surface area contributed by atoms with Gasteiger partial charge in [-0.05, 0) is 44.6 Å². The summed E-state index contributed by atoms with van der Waals surface area (Å²) in [6.45, 7) is 1.82. The summed E-state index contributed by atoms with van der Waals surface area (Å²) in [6.07, 6.45) is 11.6. The average molecular weight is 300 g/mol. The number of amides is 1. The molecule has 1 amide bonds. The third-order valence-electron chi connectivity index (χ3n) is 5.40. The molecule has 2 saturated carbocycles. The maximum atomic E-state index is 12.4. The van der Waals surface area contributed by atoms with Gasteiger partial charge in [-0.25, -0.2) is 9.97 Å². The van der Waals surface area contributed by atoms with Gasteiger partial charge < -0.3 is 9.80 Å². The molecule has 4 rings (SSSR count). The molecule has 0 spiro atoms. The van der Waals surface area contributed by atoms with Crippen LogP contribution in [0.25, 0.3) is 0 Å². The first kappa shape index (κ1) is 14.0. The zero-order valence-corrected chi connectivity index (χ0v) is 13.0. The molecule has 1 aliphatic heterocycles. The number of nitrogens with zero attached hydrogens (tertiary/aromatic N) is 4. The van der Waals surface area contributed by atoms with Crippen LogP contribution in [-0.4, -0.2) is 45.9 Å². The van der Waals surface area contributed by atoms with Gasteiger partial charge in [-0.2, -0.15) is 0 Å². The quantitative estimate of drug-likeness (QED) is 0.855. The molecule has 3 fully saturated rings. The summed E-state index contributed by atoms with van der Waals surface area (Å²) in [5.74, 6) is 1.80. The number of carbonyl (C=O) groups is 1. The van der Waals surface area contributed by atoms with Crippen LogP contribution in [0, 0.1) is 5.92 Å². The summed E-state index contributed by atoms with van der Waals surface area (Å²) in [4.78, 5) is 25.4. The number of hydrogen-bond donors (Lipinski definition) is 0. The number of likely N-dealkylation sites (tertiary alicyclic amines) is 1. The summed E-state index contributed by atoms with van der Waals surface area (Å²) >= 11 is 0. The number of piperidine rings is 1. The smallest absolute Gasteiger partial charge is 0.225 e. The summed E-state index contributed by atoms with van der Waals surface area (Å²) in [5, 5.41) is 0. The molecule has 1 aromatic rings. The molecular formula is C17H24N4O. The van der Waals surface area contributed by atoms with Crippen molar-refractivity contribution in [2.24, 2.45) is 5.92 Å². The van der Waals surface area contributed by atoms with Gasteiger partial charge in [-0.3, -0.25) is 4.79 Å². The van der Waals surface area contributed by atoms with Gasteiger partial charge in [0.2, 0.25) is 5.91 Å². The first-order chi connectivity index (χ1) is 10.8. The fourth-order valence-corrected chi connectivity index (χ4v) is 3.74. The minimum absolute atomic E-state index is 0.331. The molecule has 2 aliphatic carbocycles. The lowest BCUT2D eigenvalue weighted by Crippen LogP contribution is -2.49. The van der Waals surface area contributed by atoms with Gasteiger partial charge >= 0.3 is 0 Å². The lowest BCUT2D eigenvalue weighted by molar-refractivity contribution is -0.139. The standard InChI is InChI=1S/C17H24N4O/c22-17(13-2-1-3-13)20-10-7-15(8-11-20)21(14-4-5-14)16-6-9-18-12-19-16/h6,9,12-15H,1-5,7-8,10-11H2. The van der Waals surface area contributed by atoms with E-state index in [9.17, 15) is 4.79 Å². The van der Waals surface area contributed by atoms with Gasteiger partial charge in [0.25, 0.3) is 0 Å². The maximum Gasteiger partial charge on any atom is 0.225 e. The molecule has 1 saturated heterocycles. The van der Waals surface area contributed by atoms with E-state index in [2.05, 4.69) is 19.8 Å². The largest absolute Gasteiger partial charge is 0.350 e. The number of hydrogen-bond acceptors (Lipinski definition) is 4. The Hall–Kier alpha value is -1.65. The van der Waals surface area contributed by atoms with Crippen LogP contribution in [0.15, 0.2) is 18.6 Å². The van der Waals surface area contributed by atoms with E-state index < -0.39 is 0 Å². The zero-order valence-electron chi connectivity index (χ0n) is 13.0. The minimum Gasteiger partial charge on any atom is -0.350 e. The first-order valence-electron chi connectivity index (χ1n) is 8.66. The maximum absolute atomic E-state index is 12.4. The lowest BCUT2D eigenvalue weighted by atomic mass is 9.84. The Morgan fingerprint density at radius 2 is 1.82 bits per heavy atom. The van der Waals surface area contributed by atoms with Gasteiger partial charge in [0, 0.05) is 37.3 Å². The SMILES string of the molecule is O=C(C1CCC1)N1CCC(N(c2ccncn2)C2CC2)CC1. The highest BCUT2D eigenvalue weighted by Crippen LogP contribution is 2.36. The Morgan fingerprint density at radius 3 is 2.36 bits per heavy atom. The molecule has 1 aromatic heterocycles. The van der Waals surface area contributed by atoms with Crippen molar-refractivity contribution in [1.82, 2.24) is 14.9 Å². The third kappa shape index (κ3) is 2.69. The Bertz CT molecular complexity index is 519. The molecule has 3 aliphatic rings. The van der Waals surface area contributed by atoms with Crippen molar-refractivity contribution in [3.63, 3.8) is 0 Å². The summed E-state index contributed by atoms with van der Waals surface area (Å²) < 4.78 is 0. The second-order valence-electron chi connectivity index (χ2n) is 6.89. The molecular weight excluding hydrogens is 276 g/mol. The molecule has 22 heavy (non-hydrogen) atoms. The number of aromatic nitrogens is 2. The van der Waals surface area contributed by atoms with Crippen LogP contribution in [0.2, 0.25) is 0 Å². The van der Waals surface area contributed by atoms with Crippen molar-refractivity contribution in [1.29, 1.82) is 0 Å². The van der Waals surface area contributed by atoms with Crippen LogP contribution >= 0.6 is 0 Å². The normalized spacial score (nSPS) is 23.2. The summed E-state index contributed by atoms with van der Waals surface area (Å²) in [5.41, 5.74) is 0. The molecule has 0 aromatic carbocycles. The monoisotopic (exact) mass is 300 g/mol.